The molecule has 1 heterocycles. The molecule has 0 aromatic heterocycles. The highest BCUT2D eigenvalue weighted by atomic mass is 16.5. The molecular formula is C17H25NO2. The Balaban J connectivity index is 2.30. The van der Waals surface area contributed by atoms with Crippen LogP contribution in [0.25, 0.3) is 0 Å². The van der Waals surface area contributed by atoms with E-state index >= 15 is 0 Å². The number of nitrogens with one attached hydrogen (secondary N) is 1. The topological polar surface area (TPSA) is 38.3 Å². The average Bonchev–Trinajstić information content (AvgIpc) is 2.46. The second-order valence-electron chi connectivity index (χ2n) is 5.70. The first-order valence-electron chi connectivity index (χ1n) is 7.62. The summed E-state index contributed by atoms with van der Waals surface area (Å²) in [5, 5.41) is 3.31. The van der Waals surface area contributed by atoms with Crippen LogP contribution in [-0.4, -0.2) is 25.5 Å². The van der Waals surface area contributed by atoms with Crippen molar-refractivity contribution in [1.29, 1.82) is 0 Å². The van der Waals surface area contributed by atoms with Crippen molar-refractivity contribution in [1.82, 2.24) is 5.32 Å². The average molecular weight is 275 g/mol. The van der Waals surface area contributed by atoms with E-state index in [1.54, 1.807) is 0 Å². The summed E-state index contributed by atoms with van der Waals surface area (Å²) < 4.78 is 5.85. The maximum atomic E-state index is 12.8. The Labute approximate surface area is 121 Å². The summed E-state index contributed by atoms with van der Waals surface area (Å²) in [5.41, 5.74) is 2.97. The Morgan fingerprint density at radius 1 is 1.30 bits per heavy atom. The lowest BCUT2D eigenvalue weighted by atomic mass is 9.88. The molecule has 0 radical (unpaired) electrons. The molecule has 0 saturated carbocycles. The van der Waals surface area contributed by atoms with Gasteiger partial charge in [0.1, 0.15) is 5.75 Å². The van der Waals surface area contributed by atoms with Crippen LogP contribution in [0.5, 0.6) is 5.75 Å². The van der Waals surface area contributed by atoms with E-state index in [1.165, 1.54) is 0 Å². The molecule has 2 rings (SSSR count). The van der Waals surface area contributed by atoms with Crippen molar-refractivity contribution in [2.75, 3.05) is 19.7 Å². The van der Waals surface area contributed by atoms with E-state index in [0.717, 1.165) is 54.8 Å². The number of rotatable bonds is 5. The summed E-state index contributed by atoms with van der Waals surface area (Å²) in [6, 6.07) is 4.08. The molecule has 0 atom stereocenters. The third-order valence-corrected chi connectivity index (χ3v) is 3.84. The van der Waals surface area contributed by atoms with Gasteiger partial charge in [-0.1, -0.05) is 13.0 Å². The van der Waals surface area contributed by atoms with Gasteiger partial charge in [-0.15, -0.1) is 0 Å². The Kier molecular flexibility index (Phi) is 5.18. The van der Waals surface area contributed by atoms with Crippen molar-refractivity contribution in [3.8, 4) is 5.75 Å². The Bertz CT molecular complexity index is 476. The number of piperidine rings is 1. The van der Waals surface area contributed by atoms with Gasteiger partial charge in [-0.25, -0.2) is 0 Å². The highest BCUT2D eigenvalue weighted by Crippen LogP contribution is 2.30. The molecule has 1 N–H and O–H groups in total. The van der Waals surface area contributed by atoms with Gasteiger partial charge in [0, 0.05) is 5.92 Å². The number of carbonyl (C=O) groups is 1. The van der Waals surface area contributed by atoms with E-state index in [1.807, 2.05) is 19.9 Å². The Morgan fingerprint density at radius 2 is 2.00 bits per heavy atom. The number of ether oxygens (including phenoxy) is 1. The molecule has 0 amide bonds. The van der Waals surface area contributed by atoms with Crippen molar-refractivity contribution in [3.63, 3.8) is 0 Å². The first-order chi connectivity index (χ1) is 9.63. The van der Waals surface area contributed by atoms with Crippen LogP contribution in [0.4, 0.5) is 0 Å². The molecule has 1 saturated heterocycles. The molecule has 20 heavy (non-hydrogen) atoms. The van der Waals surface area contributed by atoms with Gasteiger partial charge in [-0.05, 0) is 63.4 Å². The minimum atomic E-state index is 0.140. The van der Waals surface area contributed by atoms with Crippen molar-refractivity contribution in [3.05, 3.63) is 28.8 Å². The molecule has 1 aliphatic heterocycles. The van der Waals surface area contributed by atoms with Gasteiger partial charge in [0.05, 0.1) is 12.2 Å². The van der Waals surface area contributed by atoms with Gasteiger partial charge >= 0.3 is 0 Å². The highest BCUT2D eigenvalue weighted by Gasteiger charge is 2.25. The van der Waals surface area contributed by atoms with Gasteiger partial charge in [-0.2, -0.15) is 0 Å². The zero-order chi connectivity index (χ0) is 14.5. The fraction of sp³-hybridized carbons (Fsp3) is 0.588. The van der Waals surface area contributed by atoms with E-state index < -0.39 is 0 Å². The Hall–Kier alpha value is -1.35. The normalized spacial score (nSPS) is 16.1. The van der Waals surface area contributed by atoms with Gasteiger partial charge in [0.15, 0.2) is 5.78 Å². The summed E-state index contributed by atoms with van der Waals surface area (Å²) >= 11 is 0. The number of benzene rings is 1. The molecule has 110 valence electrons. The molecule has 1 aromatic rings. The van der Waals surface area contributed by atoms with Crippen LogP contribution in [0, 0.1) is 19.8 Å². The predicted octanol–water partition coefficient (Wildman–Crippen LogP) is 3.27. The molecule has 3 heteroatoms. The summed E-state index contributed by atoms with van der Waals surface area (Å²) in [6.45, 7) is 8.68. The fourth-order valence-corrected chi connectivity index (χ4v) is 2.84. The lowest BCUT2D eigenvalue weighted by molar-refractivity contribution is 0.0890. The largest absolute Gasteiger partial charge is 0.493 e. The van der Waals surface area contributed by atoms with E-state index in [2.05, 4.69) is 18.3 Å². The number of ketones is 1. The van der Waals surface area contributed by atoms with Gasteiger partial charge < -0.3 is 10.1 Å². The smallest absolute Gasteiger partial charge is 0.169 e. The van der Waals surface area contributed by atoms with Gasteiger partial charge in [0.25, 0.3) is 0 Å². The van der Waals surface area contributed by atoms with Crippen molar-refractivity contribution in [2.24, 2.45) is 5.92 Å². The number of Topliss-reactive ketones (excluding diaryl/α,β-unsaturated/α-hetero) is 1. The number of hydrogen-bond acceptors (Lipinski definition) is 3. The summed E-state index contributed by atoms with van der Waals surface area (Å²) in [6.07, 6.45) is 2.81. The third-order valence-electron chi connectivity index (χ3n) is 3.84. The zero-order valence-corrected chi connectivity index (χ0v) is 12.8. The fourth-order valence-electron chi connectivity index (χ4n) is 2.84. The van der Waals surface area contributed by atoms with Crippen LogP contribution in [0.15, 0.2) is 12.1 Å². The van der Waals surface area contributed by atoms with Crippen LogP contribution < -0.4 is 10.1 Å². The second kappa shape index (κ2) is 6.89. The molecule has 1 aromatic carbocycles. The minimum Gasteiger partial charge on any atom is -0.493 e. The number of hydrogen-bond donors (Lipinski definition) is 1. The van der Waals surface area contributed by atoms with Crippen molar-refractivity contribution in [2.45, 2.75) is 40.0 Å². The Morgan fingerprint density at radius 3 is 2.65 bits per heavy atom. The van der Waals surface area contributed by atoms with Crippen LogP contribution in [0.3, 0.4) is 0 Å². The van der Waals surface area contributed by atoms with Crippen LogP contribution in [0.2, 0.25) is 0 Å². The van der Waals surface area contributed by atoms with E-state index in [9.17, 15) is 4.79 Å². The lowest BCUT2D eigenvalue weighted by Gasteiger charge is -2.23. The van der Waals surface area contributed by atoms with Crippen LogP contribution >= 0.6 is 0 Å². The van der Waals surface area contributed by atoms with Crippen LogP contribution in [-0.2, 0) is 0 Å². The maximum absolute atomic E-state index is 12.8. The third kappa shape index (κ3) is 3.40. The zero-order valence-electron chi connectivity index (χ0n) is 12.8. The molecule has 0 aliphatic carbocycles. The maximum Gasteiger partial charge on any atom is 0.169 e. The minimum absolute atomic E-state index is 0.140. The molecule has 0 spiro atoms. The predicted molar refractivity (Wildman–Crippen MR) is 81.6 cm³/mol. The molecule has 3 nitrogen and oxygen atoms in total. The second-order valence-corrected chi connectivity index (χ2v) is 5.70. The molecule has 1 fully saturated rings. The van der Waals surface area contributed by atoms with E-state index in [-0.39, 0.29) is 11.7 Å². The number of aryl methyl sites for hydroxylation is 2. The van der Waals surface area contributed by atoms with Crippen molar-refractivity contribution < 1.29 is 9.53 Å². The number of carbonyl (C=O) groups excluding carboxylic acids is 1. The molecular weight excluding hydrogens is 250 g/mol. The van der Waals surface area contributed by atoms with Gasteiger partial charge in [0.2, 0.25) is 0 Å². The SMILES string of the molecule is CCCOc1c(C)cc(C)cc1C(=O)C1CCNCC1. The monoisotopic (exact) mass is 275 g/mol. The first-order valence-corrected chi connectivity index (χ1v) is 7.62. The first kappa shape index (κ1) is 15.0. The standard InChI is InChI=1S/C17H25NO2/c1-4-9-20-17-13(3)10-12(2)11-15(17)16(19)14-5-7-18-8-6-14/h10-11,14,18H,4-9H2,1-3H3. The van der Waals surface area contributed by atoms with Crippen LogP contribution in [0.1, 0.15) is 47.7 Å². The quantitative estimate of drug-likeness (QED) is 0.838. The lowest BCUT2D eigenvalue weighted by Crippen LogP contribution is -2.32. The van der Waals surface area contributed by atoms with Gasteiger partial charge in [-0.3, -0.25) is 4.79 Å². The van der Waals surface area contributed by atoms with E-state index in [0.29, 0.717) is 6.61 Å². The summed E-state index contributed by atoms with van der Waals surface area (Å²) in [5.74, 6) is 1.19. The highest BCUT2D eigenvalue weighted by molar-refractivity contribution is 6.01. The summed E-state index contributed by atoms with van der Waals surface area (Å²) in [7, 11) is 0. The van der Waals surface area contributed by atoms with Crippen molar-refractivity contribution >= 4 is 5.78 Å². The summed E-state index contributed by atoms with van der Waals surface area (Å²) in [4.78, 5) is 12.8. The molecule has 1 aliphatic rings. The molecule has 0 bridgehead atoms. The molecule has 0 unspecified atom stereocenters. The van der Waals surface area contributed by atoms with E-state index in [4.69, 9.17) is 4.74 Å².